The number of hydrogen-bond acceptors (Lipinski definition) is 1. The molecule has 1 aliphatic rings. The molecule has 1 aromatic heterocycles. The Morgan fingerprint density at radius 2 is 2.00 bits per heavy atom. The van der Waals surface area contributed by atoms with E-state index in [1.807, 2.05) is 12.4 Å². The monoisotopic (exact) mass is 248 g/mol. The second-order valence-corrected chi connectivity index (χ2v) is 5.32. The molecule has 2 bridgehead atoms. The zero-order valence-electron chi connectivity index (χ0n) is 10.8. The minimum Gasteiger partial charge on any atom is -0.326 e. The van der Waals surface area contributed by atoms with Gasteiger partial charge in [-0.25, -0.2) is 4.98 Å². The van der Waals surface area contributed by atoms with Gasteiger partial charge in [0.1, 0.15) is 0 Å². The molecular weight excluding hydrogens is 232 g/mol. The van der Waals surface area contributed by atoms with E-state index in [1.165, 1.54) is 41.5 Å². The summed E-state index contributed by atoms with van der Waals surface area (Å²) in [5.74, 6) is 0. The molecule has 2 aromatic carbocycles. The smallest absolute Gasteiger partial charge is 0.0961 e. The number of aryl methyl sites for hydroxylation is 2. The first kappa shape index (κ1) is 10.8. The Kier molecular flexibility index (Phi) is 2.41. The molecule has 1 aliphatic carbocycles. The lowest BCUT2D eigenvalue weighted by Crippen LogP contribution is -2.06. The Morgan fingerprint density at radius 1 is 1.05 bits per heavy atom. The van der Waals surface area contributed by atoms with Crippen molar-refractivity contribution in [1.82, 2.24) is 9.55 Å². The summed E-state index contributed by atoms with van der Waals surface area (Å²) in [5, 5.41) is 0. The molecule has 0 saturated heterocycles. The van der Waals surface area contributed by atoms with Crippen LogP contribution < -0.4 is 0 Å². The number of para-hydroxylation sites is 2. The van der Waals surface area contributed by atoms with E-state index in [4.69, 9.17) is 0 Å². The van der Waals surface area contributed by atoms with Gasteiger partial charge in [-0.3, -0.25) is 0 Å². The van der Waals surface area contributed by atoms with Crippen molar-refractivity contribution in [2.75, 3.05) is 0 Å². The molecule has 0 amide bonds. The van der Waals surface area contributed by atoms with Gasteiger partial charge in [0, 0.05) is 6.54 Å². The van der Waals surface area contributed by atoms with Gasteiger partial charge in [0.15, 0.2) is 0 Å². The normalized spacial score (nSPS) is 13.9. The van der Waals surface area contributed by atoms with Crippen LogP contribution in [0.3, 0.4) is 0 Å². The minimum absolute atomic E-state index is 0.927. The summed E-state index contributed by atoms with van der Waals surface area (Å²) in [6.45, 7) is 0.927. The van der Waals surface area contributed by atoms with Crippen molar-refractivity contribution < 1.29 is 0 Å². The maximum absolute atomic E-state index is 4.46. The standard InChI is InChI=1S/C17H16N2/c1-2-7-17-16(6-1)18-12-19(17)11-15-9-8-13-4-3-5-14(15)10-13/h1-2,6-10,12H,3-5,11H2. The Balaban J connectivity index is 1.75. The van der Waals surface area contributed by atoms with Crippen LogP contribution in [-0.2, 0) is 19.4 Å². The van der Waals surface area contributed by atoms with Gasteiger partial charge in [-0.2, -0.15) is 0 Å². The highest BCUT2D eigenvalue weighted by atomic mass is 15.0. The van der Waals surface area contributed by atoms with Gasteiger partial charge < -0.3 is 4.57 Å². The molecule has 19 heavy (non-hydrogen) atoms. The van der Waals surface area contributed by atoms with Crippen LogP contribution in [0.15, 0.2) is 48.8 Å². The van der Waals surface area contributed by atoms with Gasteiger partial charge in [-0.05, 0) is 48.1 Å². The van der Waals surface area contributed by atoms with Crippen LogP contribution in [0, 0.1) is 0 Å². The number of rotatable bonds is 2. The summed E-state index contributed by atoms with van der Waals surface area (Å²) in [7, 11) is 0. The van der Waals surface area contributed by atoms with E-state index in [0.29, 0.717) is 0 Å². The third kappa shape index (κ3) is 1.84. The third-order valence-corrected chi connectivity index (χ3v) is 4.05. The van der Waals surface area contributed by atoms with Crippen LogP contribution in [0.2, 0.25) is 0 Å². The zero-order chi connectivity index (χ0) is 12.7. The van der Waals surface area contributed by atoms with Gasteiger partial charge in [-0.15, -0.1) is 0 Å². The van der Waals surface area contributed by atoms with Crippen molar-refractivity contribution in [3.8, 4) is 0 Å². The summed E-state index contributed by atoms with van der Waals surface area (Å²) in [6, 6.07) is 15.3. The SMILES string of the molecule is c1ccc2c(c1)ncn2Cc1ccc2cc1CCC2. The second kappa shape index (κ2) is 4.23. The Hall–Kier alpha value is -2.09. The summed E-state index contributed by atoms with van der Waals surface area (Å²) < 4.78 is 2.25. The van der Waals surface area contributed by atoms with Crippen LogP contribution >= 0.6 is 0 Å². The fourth-order valence-corrected chi connectivity index (χ4v) is 3.02. The van der Waals surface area contributed by atoms with Crippen LogP contribution in [-0.4, -0.2) is 9.55 Å². The quantitative estimate of drug-likeness (QED) is 0.678. The number of nitrogens with zero attached hydrogens (tertiary/aromatic N) is 2. The average molecular weight is 248 g/mol. The van der Waals surface area contributed by atoms with Crippen molar-refractivity contribution in [2.24, 2.45) is 0 Å². The van der Waals surface area contributed by atoms with Crippen molar-refractivity contribution in [2.45, 2.75) is 25.8 Å². The zero-order valence-corrected chi connectivity index (χ0v) is 10.8. The first-order chi connectivity index (χ1) is 9.40. The van der Waals surface area contributed by atoms with E-state index in [1.54, 1.807) is 0 Å². The first-order valence-corrected chi connectivity index (χ1v) is 6.91. The Labute approximate surface area is 112 Å². The minimum atomic E-state index is 0.927. The van der Waals surface area contributed by atoms with Gasteiger partial charge >= 0.3 is 0 Å². The molecule has 2 heteroatoms. The summed E-state index contributed by atoms with van der Waals surface area (Å²) in [4.78, 5) is 4.46. The molecule has 0 N–H and O–H groups in total. The molecule has 0 spiro atoms. The molecule has 2 nitrogen and oxygen atoms in total. The average Bonchev–Trinajstić information content (AvgIpc) is 2.86. The fraction of sp³-hybridized carbons (Fsp3) is 0.235. The molecule has 94 valence electrons. The van der Waals surface area contributed by atoms with E-state index in [-0.39, 0.29) is 0 Å². The highest BCUT2D eigenvalue weighted by Gasteiger charge is 2.11. The topological polar surface area (TPSA) is 17.8 Å². The molecular formula is C17H16N2. The van der Waals surface area contributed by atoms with E-state index < -0.39 is 0 Å². The lowest BCUT2D eigenvalue weighted by atomic mass is 9.91. The number of fused-ring (bicyclic) bond motifs is 3. The molecule has 0 aliphatic heterocycles. The number of benzene rings is 2. The Morgan fingerprint density at radius 3 is 3.00 bits per heavy atom. The van der Waals surface area contributed by atoms with Gasteiger partial charge in [-0.1, -0.05) is 30.3 Å². The molecule has 4 rings (SSSR count). The van der Waals surface area contributed by atoms with Crippen molar-refractivity contribution in [3.05, 3.63) is 65.5 Å². The van der Waals surface area contributed by atoms with Crippen LogP contribution in [0.1, 0.15) is 23.1 Å². The van der Waals surface area contributed by atoms with Crippen LogP contribution in [0.5, 0.6) is 0 Å². The molecule has 0 unspecified atom stereocenters. The van der Waals surface area contributed by atoms with Gasteiger partial charge in [0.2, 0.25) is 0 Å². The van der Waals surface area contributed by atoms with Gasteiger partial charge in [0.25, 0.3) is 0 Å². The van der Waals surface area contributed by atoms with Crippen molar-refractivity contribution in [1.29, 1.82) is 0 Å². The number of hydrogen-bond donors (Lipinski definition) is 0. The van der Waals surface area contributed by atoms with Crippen LogP contribution in [0.4, 0.5) is 0 Å². The molecule has 1 heterocycles. The highest BCUT2D eigenvalue weighted by Crippen LogP contribution is 2.23. The van der Waals surface area contributed by atoms with Crippen molar-refractivity contribution >= 4 is 11.0 Å². The largest absolute Gasteiger partial charge is 0.326 e. The molecule has 0 fully saturated rings. The van der Waals surface area contributed by atoms with E-state index in [9.17, 15) is 0 Å². The maximum Gasteiger partial charge on any atom is 0.0961 e. The molecule has 3 aromatic rings. The second-order valence-electron chi connectivity index (χ2n) is 5.32. The number of imidazole rings is 1. The molecule has 0 radical (unpaired) electrons. The predicted molar refractivity (Wildman–Crippen MR) is 77.3 cm³/mol. The van der Waals surface area contributed by atoms with Crippen LogP contribution in [0.25, 0.3) is 11.0 Å². The summed E-state index contributed by atoms with van der Waals surface area (Å²) >= 11 is 0. The van der Waals surface area contributed by atoms with Gasteiger partial charge in [0.05, 0.1) is 17.4 Å². The lowest BCUT2D eigenvalue weighted by molar-refractivity contribution is 0.750. The molecule has 0 atom stereocenters. The van der Waals surface area contributed by atoms with E-state index in [0.717, 1.165) is 12.1 Å². The number of aromatic nitrogens is 2. The van der Waals surface area contributed by atoms with E-state index in [2.05, 4.69) is 45.9 Å². The highest BCUT2D eigenvalue weighted by molar-refractivity contribution is 5.75. The van der Waals surface area contributed by atoms with Crippen molar-refractivity contribution in [3.63, 3.8) is 0 Å². The van der Waals surface area contributed by atoms with E-state index >= 15 is 0 Å². The maximum atomic E-state index is 4.46. The summed E-state index contributed by atoms with van der Waals surface area (Å²) in [5.41, 5.74) is 6.73. The summed E-state index contributed by atoms with van der Waals surface area (Å²) in [6.07, 6.45) is 5.70. The third-order valence-electron chi connectivity index (χ3n) is 4.05. The first-order valence-electron chi connectivity index (χ1n) is 6.91. The predicted octanol–water partition coefficient (Wildman–Crippen LogP) is 3.57. The fourth-order valence-electron chi connectivity index (χ4n) is 3.02. The molecule has 0 saturated carbocycles. The Bertz CT molecular complexity index is 740. The lowest BCUT2D eigenvalue weighted by Gasteiger charge is -2.17.